The lowest BCUT2D eigenvalue weighted by Crippen LogP contribution is -2.50. The number of aryl methyl sites for hydroxylation is 1. The number of amides is 3. The van der Waals surface area contributed by atoms with E-state index in [9.17, 15) is 14.4 Å². The van der Waals surface area contributed by atoms with Gasteiger partial charge in [0.05, 0.1) is 12.6 Å². The minimum absolute atomic E-state index is 0.0126. The molecule has 3 aliphatic rings. The first kappa shape index (κ1) is 25.3. The van der Waals surface area contributed by atoms with Crippen LogP contribution in [0.2, 0.25) is 0 Å². The standard InChI is InChI=1S/C29H36N4O4/c34-27-13-10-21-5-1-2-7-26(21)33(27)23-14-18-32(19-15-23)29(36)22-8-11-24(12-9-22)37-20-4-17-31-28(35)25-6-3-16-30-25/h1-2,5,7-9,11-12,23,25,30H,3-4,6,10,13-20H2,(H,31,35). The highest BCUT2D eigenvalue weighted by Gasteiger charge is 2.33. The molecule has 0 spiro atoms. The summed E-state index contributed by atoms with van der Waals surface area (Å²) in [4.78, 5) is 41.7. The Balaban J connectivity index is 1.06. The van der Waals surface area contributed by atoms with Crippen LogP contribution in [0.5, 0.6) is 5.75 Å². The third-order valence-electron chi connectivity index (χ3n) is 7.61. The smallest absolute Gasteiger partial charge is 0.253 e. The first-order valence-electron chi connectivity index (χ1n) is 13.5. The molecule has 0 bridgehead atoms. The van der Waals surface area contributed by atoms with Crippen molar-refractivity contribution in [1.29, 1.82) is 0 Å². The second-order valence-electron chi connectivity index (χ2n) is 10.1. The average molecular weight is 505 g/mol. The number of carbonyl (C=O) groups excluding carboxylic acids is 3. The normalized spacial score (nSPS) is 20.0. The van der Waals surface area contributed by atoms with Crippen LogP contribution in [0, 0.1) is 0 Å². The zero-order valence-corrected chi connectivity index (χ0v) is 21.3. The Morgan fingerprint density at radius 2 is 1.78 bits per heavy atom. The van der Waals surface area contributed by atoms with E-state index in [1.54, 1.807) is 0 Å². The molecule has 2 N–H and O–H groups in total. The number of rotatable bonds is 8. The first-order chi connectivity index (χ1) is 18.1. The number of hydrogen-bond acceptors (Lipinski definition) is 5. The van der Waals surface area contributed by atoms with Crippen LogP contribution in [-0.4, -0.2) is 67.5 Å². The molecule has 0 aliphatic carbocycles. The molecular formula is C29H36N4O4. The predicted molar refractivity (Wildman–Crippen MR) is 142 cm³/mol. The summed E-state index contributed by atoms with van der Waals surface area (Å²) < 4.78 is 5.78. The third-order valence-corrected chi connectivity index (χ3v) is 7.61. The fraction of sp³-hybridized carbons (Fsp3) is 0.483. The number of anilines is 1. The van der Waals surface area contributed by atoms with Gasteiger partial charge in [-0.15, -0.1) is 0 Å². The molecule has 196 valence electrons. The Bertz CT molecular complexity index is 1110. The molecule has 1 unspecified atom stereocenters. The number of ether oxygens (including phenoxy) is 1. The fourth-order valence-electron chi connectivity index (χ4n) is 5.56. The summed E-state index contributed by atoms with van der Waals surface area (Å²) >= 11 is 0. The van der Waals surface area contributed by atoms with Crippen molar-refractivity contribution in [1.82, 2.24) is 15.5 Å². The largest absolute Gasteiger partial charge is 0.494 e. The molecular weight excluding hydrogens is 468 g/mol. The van der Waals surface area contributed by atoms with Crippen LogP contribution < -0.4 is 20.3 Å². The zero-order chi connectivity index (χ0) is 25.6. The van der Waals surface area contributed by atoms with Gasteiger partial charge in [0.25, 0.3) is 5.91 Å². The van der Waals surface area contributed by atoms with Crippen LogP contribution in [0.4, 0.5) is 5.69 Å². The highest BCUT2D eigenvalue weighted by molar-refractivity contribution is 5.97. The number of nitrogens with zero attached hydrogens (tertiary/aromatic N) is 2. The van der Waals surface area contributed by atoms with Gasteiger partial charge in [0.1, 0.15) is 5.75 Å². The number of hydrogen-bond donors (Lipinski definition) is 2. The van der Waals surface area contributed by atoms with Crippen LogP contribution >= 0.6 is 0 Å². The summed E-state index contributed by atoms with van der Waals surface area (Å²) in [6.45, 7) is 3.26. The van der Waals surface area contributed by atoms with Crippen molar-refractivity contribution in [3.05, 3.63) is 59.7 Å². The van der Waals surface area contributed by atoms with E-state index in [1.165, 1.54) is 5.56 Å². The maximum absolute atomic E-state index is 13.1. The van der Waals surface area contributed by atoms with Crippen LogP contribution in [0.15, 0.2) is 48.5 Å². The molecule has 0 aromatic heterocycles. The van der Waals surface area contributed by atoms with Crippen molar-refractivity contribution in [3.63, 3.8) is 0 Å². The van der Waals surface area contributed by atoms with E-state index in [-0.39, 0.29) is 29.8 Å². The van der Waals surface area contributed by atoms with Gasteiger partial charge < -0.3 is 25.2 Å². The molecule has 3 heterocycles. The Kier molecular flexibility index (Phi) is 8.04. The summed E-state index contributed by atoms with van der Waals surface area (Å²) in [5.41, 5.74) is 2.91. The summed E-state index contributed by atoms with van der Waals surface area (Å²) in [6.07, 6.45) is 5.58. The number of fused-ring (bicyclic) bond motifs is 1. The van der Waals surface area contributed by atoms with E-state index < -0.39 is 0 Å². The van der Waals surface area contributed by atoms with Crippen molar-refractivity contribution in [3.8, 4) is 5.75 Å². The van der Waals surface area contributed by atoms with Gasteiger partial charge in [-0.1, -0.05) is 18.2 Å². The summed E-state index contributed by atoms with van der Waals surface area (Å²) in [5, 5.41) is 6.14. The first-order valence-corrected chi connectivity index (χ1v) is 13.5. The number of likely N-dealkylation sites (tertiary alicyclic amines) is 1. The monoisotopic (exact) mass is 504 g/mol. The maximum atomic E-state index is 13.1. The molecule has 0 saturated carbocycles. The number of benzene rings is 2. The molecule has 8 heteroatoms. The van der Waals surface area contributed by atoms with Gasteiger partial charge >= 0.3 is 0 Å². The van der Waals surface area contributed by atoms with Gasteiger partial charge in [-0.2, -0.15) is 0 Å². The molecule has 2 aromatic carbocycles. The van der Waals surface area contributed by atoms with Gasteiger partial charge in [0, 0.05) is 43.3 Å². The maximum Gasteiger partial charge on any atom is 0.253 e. The van der Waals surface area contributed by atoms with Gasteiger partial charge in [-0.25, -0.2) is 0 Å². The van der Waals surface area contributed by atoms with E-state index >= 15 is 0 Å². The van der Waals surface area contributed by atoms with E-state index in [0.717, 1.165) is 50.8 Å². The van der Waals surface area contributed by atoms with Crippen LogP contribution in [0.3, 0.4) is 0 Å². The van der Waals surface area contributed by atoms with Gasteiger partial charge in [-0.3, -0.25) is 14.4 Å². The van der Waals surface area contributed by atoms with E-state index in [1.807, 2.05) is 52.3 Å². The van der Waals surface area contributed by atoms with Gasteiger partial charge in [-0.05, 0) is 81.0 Å². The Labute approximate surface area is 218 Å². The van der Waals surface area contributed by atoms with Crippen molar-refractivity contribution in [2.75, 3.05) is 37.7 Å². The van der Waals surface area contributed by atoms with Crippen molar-refractivity contribution < 1.29 is 19.1 Å². The van der Waals surface area contributed by atoms with Crippen LogP contribution in [0.25, 0.3) is 0 Å². The average Bonchev–Trinajstić information content (AvgIpc) is 3.48. The minimum atomic E-state index is -0.0548. The molecule has 2 fully saturated rings. The van der Waals surface area contributed by atoms with E-state index in [2.05, 4.69) is 16.7 Å². The second-order valence-corrected chi connectivity index (χ2v) is 10.1. The Hall–Kier alpha value is -3.39. The number of nitrogens with one attached hydrogen (secondary N) is 2. The lowest BCUT2D eigenvalue weighted by molar-refractivity contribution is -0.123. The molecule has 3 amide bonds. The second kappa shape index (κ2) is 11.8. The fourth-order valence-corrected chi connectivity index (χ4v) is 5.56. The van der Waals surface area contributed by atoms with Gasteiger partial charge in [0.2, 0.25) is 11.8 Å². The third kappa shape index (κ3) is 5.96. The zero-order valence-electron chi connectivity index (χ0n) is 21.3. The number of carbonyl (C=O) groups is 3. The lowest BCUT2D eigenvalue weighted by Gasteiger charge is -2.41. The van der Waals surface area contributed by atoms with Crippen molar-refractivity contribution in [2.24, 2.45) is 0 Å². The molecule has 2 aromatic rings. The molecule has 8 nitrogen and oxygen atoms in total. The quantitative estimate of drug-likeness (QED) is 0.540. The summed E-state index contributed by atoms with van der Waals surface area (Å²) in [6, 6.07) is 15.5. The van der Waals surface area contributed by atoms with E-state index in [4.69, 9.17) is 4.74 Å². The minimum Gasteiger partial charge on any atom is -0.494 e. The van der Waals surface area contributed by atoms with E-state index in [0.29, 0.717) is 44.0 Å². The predicted octanol–water partition coefficient (Wildman–Crippen LogP) is 2.91. The molecule has 2 saturated heterocycles. The summed E-state index contributed by atoms with van der Waals surface area (Å²) in [7, 11) is 0. The molecule has 0 radical (unpaired) electrons. The highest BCUT2D eigenvalue weighted by atomic mass is 16.5. The lowest BCUT2D eigenvalue weighted by atomic mass is 9.95. The molecule has 3 aliphatic heterocycles. The molecule has 1 atom stereocenters. The van der Waals surface area contributed by atoms with Gasteiger partial charge in [0.15, 0.2) is 0 Å². The van der Waals surface area contributed by atoms with Crippen molar-refractivity contribution >= 4 is 23.4 Å². The summed E-state index contributed by atoms with van der Waals surface area (Å²) in [5.74, 6) is 0.976. The van der Waals surface area contributed by atoms with Crippen LogP contribution in [-0.2, 0) is 16.0 Å². The molecule has 37 heavy (non-hydrogen) atoms. The Morgan fingerprint density at radius 1 is 1.00 bits per heavy atom. The molecule has 5 rings (SSSR count). The SMILES string of the molecule is O=C(NCCCOc1ccc(C(=O)N2CCC(N3C(=O)CCc4ccccc43)CC2)cc1)C1CCCN1. The number of para-hydroxylation sites is 1. The van der Waals surface area contributed by atoms with Crippen LogP contribution in [0.1, 0.15) is 54.4 Å². The Morgan fingerprint density at radius 3 is 2.54 bits per heavy atom. The number of piperidine rings is 1. The highest BCUT2D eigenvalue weighted by Crippen LogP contribution is 2.32. The topological polar surface area (TPSA) is 91.0 Å². The van der Waals surface area contributed by atoms with Crippen molar-refractivity contribution in [2.45, 2.75) is 57.0 Å².